The summed E-state index contributed by atoms with van der Waals surface area (Å²) in [5, 5.41) is 17.5. The third kappa shape index (κ3) is 7.10. The number of fused-ring (bicyclic) bond motifs is 2. The molecule has 2 atom stereocenters. The van der Waals surface area contributed by atoms with Gasteiger partial charge >= 0.3 is 6.03 Å². The van der Waals surface area contributed by atoms with E-state index in [9.17, 15) is 28.1 Å². The molecule has 2 aliphatic rings. The number of piperazine rings is 1. The van der Waals surface area contributed by atoms with E-state index < -0.39 is 28.3 Å². The van der Waals surface area contributed by atoms with Crippen molar-refractivity contribution in [3.8, 4) is 6.07 Å². The number of rotatable bonds is 10. The van der Waals surface area contributed by atoms with Crippen molar-refractivity contribution in [3.05, 3.63) is 114 Å². The molecular formula is C35H35N7O5S. The van der Waals surface area contributed by atoms with Gasteiger partial charge in [-0.3, -0.25) is 14.3 Å². The van der Waals surface area contributed by atoms with Gasteiger partial charge in [0.2, 0.25) is 21.8 Å². The summed E-state index contributed by atoms with van der Waals surface area (Å²) in [5.74, 6) is -0.578. The van der Waals surface area contributed by atoms with Gasteiger partial charge in [0, 0.05) is 25.2 Å². The van der Waals surface area contributed by atoms with Crippen LogP contribution in [0.2, 0.25) is 0 Å². The largest absolute Gasteiger partial charge is 0.333 e. The zero-order chi connectivity index (χ0) is 33.8. The van der Waals surface area contributed by atoms with E-state index in [1.54, 1.807) is 34.2 Å². The summed E-state index contributed by atoms with van der Waals surface area (Å²) in [5.41, 5.74) is 2.92. The van der Waals surface area contributed by atoms with Crippen LogP contribution in [0.4, 0.5) is 10.5 Å². The minimum atomic E-state index is -3.47. The van der Waals surface area contributed by atoms with Crippen LogP contribution in [0.25, 0.3) is 10.8 Å². The highest BCUT2D eigenvalue weighted by molar-refractivity contribution is 7.92. The number of carbonyl (C=O) groups is 3. The first-order chi connectivity index (χ1) is 23.1. The second-order valence-corrected chi connectivity index (χ2v) is 13.6. The molecule has 4 aromatic rings. The summed E-state index contributed by atoms with van der Waals surface area (Å²) >= 11 is 0. The van der Waals surface area contributed by atoms with E-state index in [1.807, 2.05) is 72.8 Å². The van der Waals surface area contributed by atoms with E-state index in [1.165, 1.54) is 9.91 Å². The average Bonchev–Trinajstić information content (AvgIpc) is 3.40. The number of anilines is 1. The molecule has 12 nitrogen and oxygen atoms in total. The lowest BCUT2D eigenvalue weighted by Crippen LogP contribution is -2.66. The maximum absolute atomic E-state index is 14.3. The van der Waals surface area contributed by atoms with E-state index in [-0.39, 0.29) is 51.0 Å². The first kappa shape index (κ1) is 32.5. The highest BCUT2D eigenvalue weighted by Crippen LogP contribution is 2.31. The average molecular weight is 666 g/mol. The van der Waals surface area contributed by atoms with Gasteiger partial charge in [0.15, 0.2) is 0 Å². The molecule has 4 aromatic carbocycles. The minimum Gasteiger partial charge on any atom is -0.333 e. The number of hydrazine groups is 1. The van der Waals surface area contributed by atoms with Crippen molar-refractivity contribution in [1.82, 2.24) is 25.1 Å². The molecule has 0 aliphatic carbocycles. The molecule has 0 spiro atoms. The Hall–Kier alpha value is -5.45. The summed E-state index contributed by atoms with van der Waals surface area (Å²) in [7, 11) is -3.47. The summed E-state index contributed by atoms with van der Waals surface area (Å²) in [6.07, 6.45) is 0.518. The van der Waals surface area contributed by atoms with Crippen LogP contribution in [-0.4, -0.2) is 84.2 Å². The Morgan fingerprint density at radius 1 is 0.938 bits per heavy atom. The smallest absolute Gasteiger partial charge is 0.333 e. The van der Waals surface area contributed by atoms with Crippen LogP contribution in [0.5, 0.6) is 0 Å². The fourth-order valence-electron chi connectivity index (χ4n) is 6.38. The third-order valence-electron chi connectivity index (χ3n) is 8.55. The number of benzene rings is 4. The predicted octanol–water partition coefficient (Wildman–Crippen LogP) is 3.29. The summed E-state index contributed by atoms with van der Waals surface area (Å²) < 4.78 is 25.8. The van der Waals surface area contributed by atoms with E-state index in [0.717, 1.165) is 33.7 Å². The SMILES string of the molecule is CS(=O)(=O)Nc1ccc(C[C@H]2C(=O)N(Cc3cccc4ccccc34)C[C@H]3N2C(=O)CN3N(CC#N)C(=O)NCc2ccccc2)cc1. The van der Waals surface area contributed by atoms with Crippen LogP contribution in [0.3, 0.4) is 0 Å². The van der Waals surface area contributed by atoms with Gasteiger partial charge in [-0.2, -0.15) is 10.3 Å². The number of sulfonamides is 1. The fourth-order valence-corrected chi connectivity index (χ4v) is 6.95. The topological polar surface area (TPSA) is 146 Å². The van der Waals surface area contributed by atoms with Gasteiger partial charge in [0.1, 0.15) is 18.8 Å². The van der Waals surface area contributed by atoms with Crippen molar-refractivity contribution in [2.45, 2.75) is 31.7 Å². The molecular weight excluding hydrogens is 630 g/mol. The van der Waals surface area contributed by atoms with Gasteiger partial charge in [0.25, 0.3) is 0 Å². The lowest BCUT2D eigenvalue weighted by molar-refractivity contribution is -0.157. The second-order valence-electron chi connectivity index (χ2n) is 11.9. The van der Waals surface area contributed by atoms with Gasteiger partial charge in [-0.25, -0.2) is 18.2 Å². The number of amides is 4. The maximum Gasteiger partial charge on any atom is 0.333 e. The van der Waals surface area contributed by atoms with Crippen LogP contribution in [0.1, 0.15) is 16.7 Å². The highest BCUT2D eigenvalue weighted by Gasteiger charge is 2.52. The Balaban J connectivity index is 1.31. The Labute approximate surface area is 279 Å². The Morgan fingerprint density at radius 3 is 2.38 bits per heavy atom. The molecule has 0 aromatic heterocycles. The van der Waals surface area contributed by atoms with E-state index in [2.05, 4.69) is 16.1 Å². The number of urea groups is 1. The van der Waals surface area contributed by atoms with Crippen LogP contribution in [-0.2, 0) is 39.1 Å². The van der Waals surface area contributed by atoms with Gasteiger partial charge in [-0.1, -0.05) is 84.9 Å². The van der Waals surface area contributed by atoms with Crippen molar-refractivity contribution in [2.75, 3.05) is 30.6 Å². The van der Waals surface area contributed by atoms with Gasteiger partial charge < -0.3 is 15.1 Å². The Bertz CT molecular complexity index is 1980. The van der Waals surface area contributed by atoms with Gasteiger partial charge in [-0.15, -0.1) is 0 Å². The zero-order valence-electron chi connectivity index (χ0n) is 26.3. The third-order valence-corrected chi connectivity index (χ3v) is 9.15. The molecule has 2 fully saturated rings. The van der Waals surface area contributed by atoms with Crippen LogP contribution >= 0.6 is 0 Å². The lowest BCUT2D eigenvalue weighted by Gasteiger charge is -2.46. The Morgan fingerprint density at radius 2 is 1.65 bits per heavy atom. The van der Waals surface area contributed by atoms with E-state index >= 15 is 0 Å². The molecule has 2 aliphatic heterocycles. The molecule has 2 heterocycles. The summed E-state index contributed by atoms with van der Waals surface area (Å²) in [4.78, 5) is 44.8. The quantitative estimate of drug-likeness (QED) is 0.247. The number of carbonyl (C=O) groups excluding carboxylic acids is 3. The number of nitriles is 1. The normalized spacial score (nSPS) is 18.0. The van der Waals surface area contributed by atoms with Crippen LogP contribution in [0, 0.1) is 11.3 Å². The second kappa shape index (κ2) is 13.7. The number of hydrogen-bond donors (Lipinski definition) is 2. The molecule has 2 N–H and O–H groups in total. The van der Waals surface area contributed by atoms with Crippen molar-refractivity contribution < 1.29 is 22.8 Å². The number of nitrogens with one attached hydrogen (secondary N) is 2. The fraction of sp³-hybridized carbons (Fsp3) is 0.257. The molecule has 246 valence electrons. The molecule has 2 saturated heterocycles. The van der Waals surface area contributed by atoms with Gasteiger partial charge in [-0.05, 0) is 39.6 Å². The van der Waals surface area contributed by atoms with Crippen molar-refractivity contribution in [3.63, 3.8) is 0 Å². The molecule has 0 saturated carbocycles. The predicted molar refractivity (Wildman–Crippen MR) is 180 cm³/mol. The van der Waals surface area contributed by atoms with Crippen LogP contribution in [0.15, 0.2) is 97.1 Å². The monoisotopic (exact) mass is 665 g/mol. The molecule has 0 radical (unpaired) electrons. The lowest BCUT2D eigenvalue weighted by atomic mass is 9.99. The van der Waals surface area contributed by atoms with Crippen LogP contribution < -0.4 is 10.0 Å². The number of nitrogens with zero attached hydrogens (tertiary/aromatic N) is 5. The minimum absolute atomic E-state index is 0.120. The maximum atomic E-state index is 14.3. The first-order valence-electron chi connectivity index (χ1n) is 15.5. The number of hydrogen-bond acceptors (Lipinski definition) is 7. The molecule has 4 amide bonds. The summed E-state index contributed by atoms with van der Waals surface area (Å²) in [6, 6.07) is 30.5. The van der Waals surface area contributed by atoms with Gasteiger partial charge in [0.05, 0.1) is 25.4 Å². The van der Waals surface area contributed by atoms with Crippen molar-refractivity contribution in [2.24, 2.45) is 0 Å². The van der Waals surface area contributed by atoms with Crippen molar-refractivity contribution in [1.29, 1.82) is 5.26 Å². The molecule has 13 heteroatoms. The Kier molecular flexibility index (Phi) is 9.29. The molecule has 6 rings (SSSR count). The van der Waals surface area contributed by atoms with E-state index in [4.69, 9.17) is 0 Å². The standard InChI is InChI=1S/C35H35N7O5S/c1-48(46,47)38-29-16-14-25(15-17-29)20-31-34(44)39(22-28-12-7-11-27-10-5-6-13-30(27)28)23-32-41(24-33(43)42(31)32)40(19-18-36)35(45)37-21-26-8-3-2-4-9-26/h2-17,31-32,38H,19-24H2,1H3,(H,37,45)/t31-,32+/m0/s1. The first-order valence-corrected chi connectivity index (χ1v) is 17.4. The molecule has 0 bridgehead atoms. The summed E-state index contributed by atoms with van der Waals surface area (Å²) in [6.45, 7) is 0.146. The highest BCUT2D eigenvalue weighted by atomic mass is 32.2. The van der Waals surface area contributed by atoms with Crippen molar-refractivity contribution >= 4 is 44.3 Å². The molecule has 48 heavy (non-hydrogen) atoms. The van der Waals surface area contributed by atoms with E-state index in [0.29, 0.717) is 5.69 Å². The molecule has 0 unspecified atom stereocenters. The zero-order valence-corrected chi connectivity index (χ0v) is 27.1.